The number of benzene rings is 1. The summed E-state index contributed by atoms with van der Waals surface area (Å²) in [6, 6.07) is 11.7. The number of fused-ring (bicyclic) bond motifs is 1. The van der Waals surface area contributed by atoms with Crippen LogP contribution in [-0.4, -0.2) is 25.6 Å². The van der Waals surface area contributed by atoms with Gasteiger partial charge in [-0.3, -0.25) is 9.20 Å². The van der Waals surface area contributed by atoms with Crippen molar-refractivity contribution in [1.29, 1.82) is 0 Å². The van der Waals surface area contributed by atoms with Crippen molar-refractivity contribution < 1.29 is 4.79 Å². The van der Waals surface area contributed by atoms with Gasteiger partial charge in [-0.15, -0.1) is 10.2 Å². The molecule has 0 N–H and O–H groups in total. The third-order valence-corrected chi connectivity index (χ3v) is 4.65. The molecule has 3 aromatic rings. The van der Waals surface area contributed by atoms with E-state index in [0.29, 0.717) is 0 Å². The molecule has 4 nitrogen and oxygen atoms in total. The van der Waals surface area contributed by atoms with Gasteiger partial charge in [0.1, 0.15) is 0 Å². The van der Waals surface area contributed by atoms with Crippen molar-refractivity contribution in [2.75, 3.05) is 0 Å². The molecule has 22 heavy (non-hydrogen) atoms. The molecular formula is C17H17N3OS. The molecule has 0 amide bonds. The molecule has 0 aliphatic rings. The number of hydrogen-bond acceptors (Lipinski definition) is 4. The topological polar surface area (TPSA) is 47.3 Å². The van der Waals surface area contributed by atoms with Gasteiger partial charge < -0.3 is 0 Å². The van der Waals surface area contributed by atoms with Crippen molar-refractivity contribution in [3.8, 4) is 0 Å². The maximum atomic E-state index is 12.7. The number of pyridine rings is 1. The van der Waals surface area contributed by atoms with Gasteiger partial charge in [0.05, 0.1) is 5.25 Å². The Morgan fingerprint density at radius 2 is 2.00 bits per heavy atom. The molecule has 5 heteroatoms. The molecule has 1 atom stereocenters. The second-order valence-corrected chi connectivity index (χ2v) is 6.66. The first-order valence-electron chi connectivity index (χ1n) is 7.14. The van der Waals surface area contributed by atoms with E-state index in [2.05, 4.69) is 10.2 Å². The molecule has 0 aliphatic carbocycles. The summed E-state index contributed by atoms with van der Waals surface area (Å²) < 4.78 is 1.90. The average Bonchev–Trinajstić information content (AvgIpc) is 2.92. The normalized spacial score (nSPS) is 12.5. The van der Waals surface area contributed by atoms with Gasteiger partial charge in [0, 0.05) is 11.8 Å². The van der Waals surface area contributed by atoms with E-state index in [0.717, 1.165) is 27.5 Å². The summed E-state index contributed by atoms with van der Waals surface area (Å²) in [5, 5.41) is 8.81. The quantitative estimate of drug-likeness (QED) is 0.544. The van der Waals surface area contributed by atoms with Gasteiger partial charge in [-0.1, -0.05) is 35.5 Å². The van der Waals surface area contributed by atoms with Crippen LogP contribution in [0.3, 0.4) is 0 Å². The number of aryl methyl sites for hydroxylation is 2. The van der Waals surface area contributed by atoms with E-state index in [-0.39, 0.29) is 11.0 Å². The Kier molecular flexibility index (Phi) is 3.98. The Balaban J connectivity index is 1.86. The molecule has 0 fully saturated rings. The molecule has 0 saturated heterocycles. The van der Waals surface area contributed by atoms with Gasteiger partial charge in [-0.05, 0) is 44.5 Å². The molecule has 2 heterocycles. The highest BCUT2D eigenvalue weighted by molar-refractivity contribution is 8.00. The second kappa shape index (κ2) is 5.93. The van der Waals surface area contributed by atoms with E-state index >= 15 is 0 Å². The number of Topliss-reactive ketones (excluding diaryl/α,β-unsaturated/α-hetero) is 1. The Bertz CT molecular complexity index is 841. The first kappa shape index (κ1) is 14.8. The van der Waals surface area contributed by atoms with Crippen molar-refractivity contribution in [1.82, 2.24) is 14.6 Å². The lowest BCUT2D eigenvalue weighted by Gasteiger charge is -2.11. The lowest BCUT2D eigenvalue weighted by Crippen LogP contribution is -2.15. The van der Waals surface area contributed by atoms with E-state index < -0.39 is 0 Å². The first-order valence-corrected chi connectivity index (χ1v) is 8.02. The molecule has 112 valence electrons. The molecule has 0 spiro atoms. The predicted molar refractivity (Wildman–Crippen MR) is 88.6 cm³/mol. The van der Waals surface area contributed by atoms with Crippen molar-refractivity contribution >= 4 is 23.2 Å². The fourth-order valence-corrected chi connectivity index (χ4v) is 3.24. The van der Waals surface area contributed by atoms with Gasteiger partial charge in [0.15, 0.2) is 16.6 Å². The van der Waals surface area contributed by atoms with Crippen LogP contribution in [-0.2, 0) is 0 Å². The lowest BCUT2D eigenvalue weighted by molar-refractivity contribution is 0.0993. The largest absolute Gasteiger partial charge is 0.293 e. The summed E-state index contributed by atoms with van der Waals surface area (Å²) in [6.07, 6.45) is 1.91. The number of aromatic nitrogens is 3. The fraction of sp³-hybridized carbons (Fsp3) is 0.235. The van der Waals surface area contributed by atoms with Crippen molar-refractivity contribution in [2.45, 2.75) is 31.2 Å². The molecule has 0 aliphatic heterocycles. The third kappa shape index (κ3) is 2.76. The number of nitrogens with zero attached hydrogens (tertiary/aromatic N) is 3. The molecule has 0 saturated carbocycles. The van der Waals surface area contributed by atoms with E-state index in [4.69, 9.17) is 0 Å². The van der Waals surface area contributed by atoms with Gasteiger partial charge in [0.25, 0.3) is 0 Å². The van der Waals surface area contributed by atoms with E-state index in [1.807, 2.05) is 67.8 Å². The summed E-state index contributed by atoms with van der Waals surface area (Å²) in [4.78, 5) is 12.7. The highest BCUT2D eigenvalue weighted by Crippen LogP contribution is 2.25. The van der Waals surface area contributed by atoms with Crippen LogP contribution in [0.2, 0.25) is 0 Å². The van der Waals surface area contributed by atoms with E-state index in [1.54, 1.807) is 0 Å². The fourth-order valence-electron chi connectivity index (χ4n) is 2.33. The van der Waals surface area contributed by atoms with Crippen molar-refractivity contribution in [2.24, 2.45) is 0 Å². The highest BCUT2D eigenvalue weighted by atomic mass is 32.2. The van der Waals surface area contributed by atoms with Crippen LogP contribution in [0.25, 0.3) is 5.65 Å². The van der Waals surface area contributed by atoms with Crippen LogP contribution in [0.1, 0.15) is 28.4 Å². The minimum Gasteiger partial charge on any atom is -0.293 e. The second-order valence-electron chi connectivity index (χ2n) is 5.35. The molecule has 2 aromatic heterocycles. The summed E-state index contributed by atoms with van der Waals surface area (Å²) >= 11 is 1.44. The maximum Gasteiger partial charge on any atom is 0.196 e. The van der Waals surface area contributed by atoms with Gasteiger partial charge in [-0.25, -0.2) is 0 Å². The minimum atomic E-state index is -0.215. The SMILES string of the molecule is Cc1ccc(C)c(C(=O)C(C)Sc2nnc3ccccn23)c1. The number of rotatable bonds is 4. The molecule has 1 aromatic carbocycles. The number of carbonyl (C=O) groups excluding carboxylic acids is 1. The van der Waals surface area contributed by atoms with Crippen LogP contribution in [0, 0.1) is 13.8 Å². The zero-order valence-electron chi connectivity index (χ0n) is 12.8. The number of thioether (sulfide) groups is 1. The van der Waals surface area contributed by atoms with E-state index in [1.165, 1.54) is 11.8 Å². The summed E-state index contributed by atoms with van der Waals surface area (Å²) in [7, 11) is 0. The first-order chi connectivity index (χ1) is 10.6. The summed E-state index contributed by atoms with van der Waals surface area (Å²) in [5.74, 6) is 0.124. The number of ketones is 1. The molecule has 3 rings (SSSR count). The third-order valence-electron chi connectivity index (χ3n) is 3.59. The zero-order chi connectivity index (χ0) is 15.7. The van der Waals surface area contributed by atoms with E-state index in [9.17, 15) is 4.79 Å². The monoisotopic (exact) mass is 311 g/mol. The van der Waals surface area contributed by atoms with Crippen LogP contribution < -0.4 is 0 Å². The van der Waals surface area contributed by atoms with Crippen LogP contribution in [0.15, 0.2) is 47.8 Å². The van der Waals surface area contributed by atoms with Crippen molar-refractivity contribution in [3.63, 3.8) is 0 Å². The van der Waals surface area contributed by atoms with Gasteiger partial charge in [-0.2, -0.15) is 0 Å². The Hall–Kier alpha value is -2.14. The highest BCUT2D eigenvalue weighted by Gasteiger charge is 2.20. The summed E-state index contributed by atoms with van der Waals surface area (Å²) in [6.45, 7) is 5.88. The smallest absolute Gasteiger partial charge is 0.196 e. The molecule has 1 unspecified atom stereocenters. The Morgan fingerprint density at radius 1 is 1.18 bits per heavy atom. The van der Waals surface area contributed by atoms with Crippen LogP contribution in [0.5, 0.6) is 0 Å². The minimum absolute atomic E-state index is 0.124. The van der Waals surface area contributed by atoms with Gasteiger partial charge in [0.2, 0.25) is 0 Å². The zero-order valence-corrected chi connectivity index (χ0v) is 13.6. The molecular weight excluding hydrogens is 294 g/mol. The maximum absolute atomic E-state index is 12.7. The van der Waals surface area contributed by atoms with Crippen molar-refractivity contribution in [3.05, 3.63) is 59.3 Å². The molecule has 0 bridgehead atoms. The standard InChI is InChI=1S/C17H17N3OS/c1-11-7-8-12(2)14(10-11)16(21)13(3)22-17-19-18-15-6-4-5-9-20(15)17/h4-10,13H,1-3H3. The Labute approximate surface area is 133 Å². The lowest BCUT2D eigenvalue weighted by atomic mass is 10.0. The summed E-state index contributed by atoms with van der Waals surface area (Å²) in [5.41, 5.74) is 3.68. The van der Waals surface area contributed by atoms with Gasteiger partial charge >= 0.3 is 0 Å². The average molecular weight is 311 g/mol. The van der Waals surface area contributed by atoms with Crippen LogP contribution in [0.4, 0.5) is 0 Å². The number of carbonyl (C=O) groups is 1. The number of hydrogen-bond donors (Lipinski definition) is 0. The molecule has 0 radical (unpaired) electrons. The predicted octanol–water partition coefficient (Wildman–Crippen LogP) is 3.71. The van der Waals surface area contributed by atoms with Crippen LogP contribution >= 0.6 is 11.8 Å². The Morgan fingerprint density at radius 3 is 2.82 bits per heavy atom.